The summed E-state index contributed by atoms with van der Waals surface area (Å²) >= 11 is 0. The number of benzene rings is 9. The van der Waals surface area contributed by atoms with E-state index < -0.39 is 0 Å². The third-order valence-electron chi connectivity index (χ3n) is 12.2. The van der Waals surface area contributed by atoms with Crippen molar-refractivity contribution in [3.8, 4) is 39.1 Å². The molecule has 0 fully saturated rings. The van der Waals surface area contributed by atoms with E-state index in [-0.39, 0.29) is 0 Å². The number of aryl methyl sites for hydroxylation is 3. The van der Waals surface area contributed by atoms with Crippen molar-refractivity contribution >= 4 is 60.8 Å². The predicted octanol–water partition coefficient (Wildman–Crippen LogP) is 16.1. The Morgan fingerprint density at radius 2 is 0.967 bits per heavy atom. The highest BCUT2D eigenvalue weighted by Gasteiger charge is 2.25. The van der Waals surface area contributed by atoms with Gasteiger partial charge in [0.1, 0.15) is 11.2 Å². The van der Waals surface area contributed by atoms with Crippen molar-refractivity contribution in [2.24, 2.45) is 0 Å². The third-order valence-corrected chi connectivity index (χ3v) is 12.2. The molecule has 9 aromatic carbocycles. The van der Waals surface area contributed by atoms with Gasteiger partial charge in [-0.2, -0.15) is 0 Å². The quantitative estimate of drug-likeness (QED) is 0.161. The molecule has 0 bridgehead atoms. The molecule has 11 aromatic rings. The topological polar surface area (TPSA) is 21.3 Å². The van der Waals surface area contributed by atoms with Gasteiger partial charge in [0.2, 0.25) is 0 Å². The lowest BCUT2D eigenvalue weighted by Gasteiger charge is -2.29. The zero-order valence-corrected chi connectivity index (χ0v) is 33.9. The van der Waals surface area contributed by atoms with Gasteiger partial charge in [-0.3, -0.25) is 0 Å². The van der Waals surface area contributed by atoms with E-state index in [1.54, 1.807) is 0 Å². The molecule has 0 amide bonds. The fraction of sp³-hybridized carbons (Fsp3) is 0.0526. The largest absolute Gasteiger partial charge is 0.455 e. The van der Waals surface area contributed by atoms with Crippen LogP contribution in [0, 0.1) is 20.8 Å². The minimum absolute atomic E-state index is 0.859. The molecular weight excluding hydrogens is 729 g/mol. The first kappa shape index (κ1) is 35.5. The van der Waals surface area contributed by atoms with Crippen LogP contribution in [0.4, 0.5) is 17.1 Å². The highest BCUT2D eigenvalue weighted by molar-refractivity contribution is 6.18. The number of hydrogen-bond acceptors (Lipinski definition) is 2. The van der Waals surface area contributed by atoms with Crippen LogP contribution >= 0.6 is 0 Å². The summed E-state index contributed by atoms with van der Waals surface area (Å²) in [6.07, 6.45) is 0. The van der Waals surface area contributed by atoms with E-state index in [0.717, 1.165) is 55.8 Å². The molecule has 0 radical (unpaired) electrons. The van der Waals surface area contributed by atoms with Crippen molar-refractivity contribution < 1.29 is 4.42 Å². The molecule has 0 aliphatic carbocycles. The molecule has 0 spiro atoms. The van der Waals surface area contributed by atoms with Gasteiger partial charge in [0, 0.05) is 38.7 Å². The summed E-state index contributed by atoms with van der Waals surface area (Å²) < 4.78 is 9.45. The number of furan rings is 1. The maximum Gasteiger partial charge on any atom is 0.145 e. The summed E-state index contributed by atoms with van der Waals surface area (Å²) in [5, 5.41) is 4.63. The van der Waals surface area contributed by atoms with Crippen LogP contribution < -0.4 is 4.90 Å². The smallest absolute Gasteiger partial charge is 0.145 e. The molecule has 0 aliphatic rings. The van der Waals surface area contributed by atoms with Crippen LogP contribution in [-0.2, 0) is 0 Å². The van der Waals surface area contributed by atoms with Gasteiger partial charge in [0.05, 0.1) is 27.8 Å². The average molecular weight is 771 g/mol. The van der Waals surface area contributed by atoms with Crippen molar-refractivity contribution in [3.05, 3.63) is 217 Å². The Bertz CT molecular complexity index is 3330. The minimum Gasteiger partial charge on any atom is -0.455 e. The first-order valence-corrected chi connectivity index (χ1v) is 20.7. The Balaban J connectivity index is 1.17. The number of hydrogen-bond donors (Lipinski definition) is 0. The standard InChI is InChI=1S/C57H42N2O/c1-37-34-42(30-31-44(37)40-18-6-4-7-19-40)58(43-35-38(2)55(39(3)36-43)41-20-8-5-9-21-41)53-33-32-48(57-56(53)49-25-13-17-29-54(49)60-57)47-24-12-16-28-52(47)59-50-26-14-10-22-45(50)46-23-11-15-27-51(46)59/h4-36H,1-3H3. The molecule has 0 atom stereocenters. The summed E-state index contributed by atoms with van der Waals surface area (Å²) in [4.78, 5) is 2.43. The van der Waals surface area contributed by atoms with E-state index in [1.807, 2.05) is 0 Å². The number of aromatic nitrogens is 1. The first-order valence-electron chi connectivity index (χ1n) is 20.7. The first-order chi connectivity index (χ1) is 29.5. The van der Waals surface area contributed by atoms with Gasteiger partial charge in [0.15, 0.2) is 0 Å². The van der Waals surface area contributed by atoms with Crippen molar-refractivity contribution in [1.82, 2.24) is 4.57 Å². The number of rotatable bonds is 7. The van der Waals surface area contributed by atoms with E-state index in [0.29, 0.717) is 0 Å². The number of nitrogens with zero attached hydrogens (tertiary/aromatic N) is 2. The molecular formula is C57H42N2O. The summed E-state index contributed by atoms with van der Waals surface area (Å²) in [6.45, 7) is 6.69. The van der Waals surface area contributed by atoms with Crippen LogP contribution in [0.3, 0.4) is 0 Å². The molecule has 2 heterocycles. The zero-order chi connectivity index (χ0) is 40.3. The molecule has 0 aliphatic heterocycles. The van der Waals surface area contributed by atoms with Crippen LogP contribution in [0.5, 0.6) is 0 Å². The normalized spacial score (nSPS) is 11.6. The third kappa shape index (κ3) is 5.73. The molecule has 3 nitrogen and oxygen atoms in total. The van der Waals surface area contributed by atoms with E-state index >= 15 is 0 Å². The van der Waals surface area contributed by atoms with Crippen molar-refractivity contribution in [3.63, 3.8) is 0 Å². The Morgan fingerprint density at radius 3 is 1.65 bits per heavy atom. The number of anilines is 3. The predicted molar refractivity (Wildman–Crippen MR) is 253 cm³/mol. The average Bonchev–Trinajstić information content (AvgIpc) is 3.84. The summed E-state index contributed by atoms with van der Waals surface area (Å²) in [5.41, 5.74) is 19.2. The maximum absolute atomic E-state index is 7.04. The second kappa shape index (κ2) is 14.3. The van der Waals surface area contributed by atoms with E-state index in [2.05, 4.69) is 230 Å². The molecule has 60 heavy (non-hydrogen) atoms. The number of para-hydroxylation sites is 4. The van der Waals surface area contributed by atoms with Gasteiger partial charge in [-0.1, -0.05) is 140 Å². The van der Waals surface area contributed by atoms with Crippen LogP contribution in [0.1, 0.15) is 16.7 Å². The second-order valence-corrected chi connectivity index (χ2v) is 15.8. The molecule has 11 rings (SSSR count). The van der Waals surface area contributed by atoms with Gasteiger partial charge in [-0.25, -0.2) is 0 Å². The molecule has 2 aromatic heterocycles. The monoisotopic (exact) mass is 770 g/mol. The van der Waals surface area contributed by atoms with Crippen molar-refractivity contribution in [2.45, 2.75) is 20.8 Å². The van der Waals surface area contributed by atoms with Gasteiger partial charge in [-0.15, -0.1) is 0 Å². The van der Waals surface area contributed by atoms with E-state index in [1.165, 1.54) is 60.8 Å². The molecule has 0 saturated carbocycles. The fourth-order valence-corrected chi connectivity index (χ4v) is 9.57. The van der Waals surface area contributed by atoms with Gasteiger partial charge >= 0.3 is 0 Å². The Morgan fingerprint density at radius 1 is 0.417 bits per heavy atom. The Labute approximate surface area is 350 Å². The van der Waals surface area contributed by atoms with Crippen LogP contribution in [-0.4, -0.2) is 4.57 Å². The van der Waals surface area contributed by atoms with Gasteiger partial charge < -0.3 is 13.9 Å². The fourth-order valence-electron chi connectivity index (χ4n) is 9.57. The van der Waals surface area contributed by atoms with Gasteiger partial charge in [-0.05, 0) is 120 Å². The molecule has 0 unspecified atom stereocenters. The van der Waals surface area contributed by atoms with Crippen molar-refractivity contribution in [1.29, 1.82) is 0 Å². The molecule has 3 heteroatoms. The minimum atomic E-state index is 0.859. The van der Waals surface area contributed by atoms with Gasteiger partial charge in [0.25, 0.3) is 0 Å². The number of fused-ring (bicyclic) bond motifs is 6. The van der Waals surface area contributed by atoms with Crippen molar-refractivity contribution in [2.75, 3.05) is 4.90 Å². The Hall–Kier alpha value is -7.62. The van der Waals surface area contributed by atoms with E-state index in [4.69, 9.17) is 4.42 Å². The van der Waals surface area contributed by atoms with Crippen LogP contribution in [0.2, 0.25) is 0 Å². The maximum atomic E-state index is 7.04. The molecule has 0 saturated heterocycles. The second-order valence-electron chi connectivity index (χ2n) is 15.8. The summed E-state index contributed by atoms with van der Waals surface area (Å²) in [6, 6.07) is 72.1. The SMILES string of the molecule is Cc1cc(N(c2cc(C)c(-c3ccccc3)c(C)c2)c2ccc(-c3ccccc3-n3c4ccccc4c4ccccc43)c3oc4ccccc4c23)ccc1-c1ccccc1. The highest BCUT2D eigenvalue weighted by atomic mass is 16.3. The molecule has 286 valence electrons. The summed E-state index contributed by atoms with van der Waals surface area (Å²) in [7, 11) is 0. The van der Waals surface area contributed by atoms with Crippen LogP contribution in [0.15, 0.2) is 205 Å². The lowest BCUT2D eigenvalue weighted by molar-refractivity contribution is 0.670. The highest BCUT2D eigenvalue weighted by Crippen LogP contribution is 2.49. The summed E-state index contributed by atoms with van der Waals surface area (Å²) in [5.74, 6) is 0. The zero-order valence-electron chi connectivity index (χ0n) is 33.9. The Kier molecular flexibility index (Phi) is 8.49. The lowest BCUT2D eigenvalue weighted by atomic mass is 9.93. The van der Waals surface area contributed by atoms with Crippen LogP contribution in [0.25, 0.3) is 82.8 Å². The van der Waals surface area contributed by atoms with E-state index in [9.17, 15) is 0 Å². The lowest BCUT2D eigenvalue weighted by Crippen LogP contribution is -2.12. The molecule has 0 N–H and O–H groups in total.